The highest BCUT2D eigenvalue weighted by molar-refractivity contribution is 9.09. The van der Waals surface area contributed by atoms with E-state index in [0.29, 0.717) is 12.8 Å². The van der Waals surface area contributed by atoms with Gasteiger partial charge in [0.1, 0.15) is 0 Å². The van der Waals surface area contributed by atoms with Crippen molar-refractivity contribution in [1.29, 1.82) is 0 Å². The lowest BCUT2D eigenvalue weighted by atomic mass is 10.2. The molecule has 1 rings (SSSR count). The predicted molar refractivity (Wildman–Crippen MR) is 67.5 cm³/mol. The first-order valence-electron chi connectivity index (χ1n) is 5.48. The highest BCUT2D eigenvalue weighted by atomic mass is 79.9. The molecule has 6 heteroatoms. The van der Waals surface area contributed by atoms with E-state index in [1.54, 1.807) is 11.9 Å². The Bertz CT molecular complexity index is 342. The predicted octanol–water partition coefficient (Wildman–Crippen LogP) is 1.20. The molecule has 0 N–H and O–H groups in total. The first-order valence-corrected chi connectivity index (χ1v) is 8.42. The van der Waals surface area contributed by atoms with Gasteiger partial charge in [0.05, 0.1) is 11.5 Å². The van der Waals surface area contributed by atoms with Crippen LogP contribution in [0.1, 0.15) is 25.7 Å². The minimum atomic E-state index is -2.90. The largest absolute Gasteiger partial charge is 0.342 e. The number of nitrogens with zero attached hydrogens (tertiary/aromatic N) is 1. The second-order valence-corrected chi connectivity index (χ2v) is 7.23. The van der Waals surface area contributed by atoms with Crippen LogP contribution in [0.2, 0.25) is 0 Å². The summed E-state index contributed by atoms with van der Waals surface area (Å²) < 4.78 is 22.6. The minimum absolute atomic E-state index is 0.0584. The summed E-state index contributed by atoms with van der Waals surface area (Å²) in [7, 11) is -1.19. The summed E-state index contributed by atoms with van der Waals surface area (Å²) in [5, 5.41) is 0.905. The van der Waals surface area contributed by atoms with Gasteiger partial charge < -0.3 is 4.90 Å². The zero-order valence-corrected chi connectivity index (χ0v) is 11.9. The molecule has 0 aromatic rings. The molecular weight excluding hydrogens is 294 g/mol. The summed E-state index contributed by atoms with van der Waals surface area (Å²) in [6.07, 6.45) is 2.93. The van der Waals surface area contributed by atoms with Gasteiger partial charge in [-0.3, -0.25) is 4.79 Å². The number of halogens is 1. The fraction of sp³-hybridized carbons (Fsp3) is 0.900. The molecular formula is C10H18BrNO3S. The number of sulfone groups is 1. The van der Waals surface area contributed by atoms with Crippen LogP contribution in [0.25, 0.3) is 0 Å². The van der Waals surface area contributed by atoms with Gasteiger partial charge in [0.25, 0.3) is 0 Å². The third kappa shape index (κ3) is 4.05. The van der Waals surface area contributed by atoms with Crippen molar-refractivity contribution in [2.75, 3.05) is 23.9 Å². The number of carbonyl (C=O) groups excluding carboxylic acids is 1. The van der Waals surface area contributed by atoms with E-state index in [1.165, 1.54) is 0 Å². The Kier molecular flexibility index (Phi) is 5.24. The minimum Gasteiger partial charge on any atom is -0.342 e. The van der Waals surface area contributed by atoms with Crippen LogP contribution in [0.3, 0.4) is 0 Å². The van der Waals surface area contributed by atoms with Crippen LogP contribution in [-0.2, 0) is 14.6 Å². The van der Waals surface area contributed by atoms with E-state index in [2.05, 4.69) is 15.9 Å². The van der Waals surface area contributed by atoms with Crippen LogP contribution in [-0.4, -0.2) is 49.2 Å². The Balaban J connectivity index is 2.40. The number of rotatable bonds is 5. The zero-order chi connectivity index (χ0) is 12.2. The fourth-order valence-electron chi connectivity index (χ4n) is 1.83. The molecule has 1 saturated heterocycles. The van der Waals surface area contributed by atoms with Crippen molar-refractivity contribution < 1.29 is 13.2 Å². The second-order valence-electron chi connectivity index (χ2n) is 4.21. The smallest absolute Gasteiger partial charge is 0.222 e. The van der Waals surface area contributed by atoms with Gasteiger partial charge in [0, 0.05) is 24.8 Å². The molecule has 94 valence electrons. The fourth-order valence-corrected chi connectivity index (χ4v) is 4.00. The monoisotopic (exact) mass is 311 g/mol. The van der Waals surface area contributed by atoms with E-state index in [-0.39, 0.29) is 23.5 Å². The maximum Gasteiger partial charge on any atom is 0.222 e. The molecule has 0 saturated carbocycles. The van der Waals surface area contributed by atoms with Crippen LogP contribution in [0.15, 0.2) is 0 Å². The van der Waals surface area contributed by atoms with E-state index < -0.39 is 9.84 Å². The van der Waals surface area contributed by atoms with Crippen molar-refractivity contribution in [2.24, 2.45) is 0 Å². The van der Waals surface area contributed by atoms with Gasteiger partial charge in [0.2, 0.25) is 5.91 Å². The normalized spacial score (nSPS) is 23.2. The molecule has 0 aliphatic carbocycles. The van der Waals surface area contributed by atoms with Crippen LogP contribution >= 0.6 is 15.9 Å². The van der Waals surface area contributed by atoms with Crippen LogP contribution in [0.4, 0.5) is 0 Å². The third-order valence-electron chi connectivity index (χ3n) is 2.92. The second kappa shape index (κ2) is 6.00. The third-order valence-corrected chi connectivity index (χ3v) is 5.23. The Labute approximate surface area is 105 Å². The molecule has 0 aromatic heterocycles. The molecule has 1 aliphatic heterocycles. The summed E-state index contributed by atoms with van der Waals surface area (Å²) in [5.74, 6) is 0.410. The topological polar surface area (TPSA) is 54.5 Å². The summed E-state index contributed by atoms with van der Waals surface area (Å²) in [6.45, 7) is 0. The number of amides is 1. The summed E-state index contributed by atoms with van der Waals surface area (Å²) in [6, 6.07) is -0.110. The van der Waals surface area contributed by atoms with E-state index in [1.807, 2.05) is 0 Å². The summed E-state index contributed by atoms with van der Waals surface area (Å²) in [5.41, 5.74) is 0. The lowest BCUT2D eigenvalue weighted by molar-refractivity contribution is -0.131. The first-order chi connectivity index (χ1) is 7.46. The van der Waals surface area contributed by atoms with Crippen LogP contribution < -0.4 is 0 Å². The molecule has 1 aliphatic rings. The van der Waals surface area contributed by atoms with Gasteiger partial charge >= 0.3 is 0 Å². The highest BCUT2D eigenvalue weighted by Crippen LogP contribution is 2.17. The molecule has 4 nitrogen and oxygen atoms in total. The lowest BCUT2D eigenvalue weighted by Crippen LogP contribution is -2.37. The van der Waals surface area contributed by atoms with Gasteiger partial charge in [-0.15, -0.1) is 0 Å². The van der Waals surface area contributed by atoms with Crippen molar-refractivity contribution in [3.05, 3.63) is 0 Å². The van der Waals surface area contributed by atoms with Crippen molar-refractivity contribution in [3.63, 3.8) is 0 Å². The number of unbranched alkanes of at least 4 members (excludes halogenated alkanes) is 1. The van der Waals surface area contributed by atoms with Crippen LogP contribution in [0, 0.1) is 0 Å². The average Bonchev–Trinajstić information content (AvgIpc) is 2.58. The lowest BCUT2D eigenvalue weighted by Gasteiger charge is -2.23. The molecule has 1 fully saturated rings. The molecule has 1 unspecified atom stereocenters. The molecule has 0 radical (unpaired) electrons. The van der Waals surface area contributed by atoms with Crippen molar-refractivity contribution in [3.8, 4) is 0 Å². The Morgan fingerprint density at radius 2 is 2.12 bits per heavy atom. The molecule has 1 amide bonds. The number of alkyl halides is 1. The quantitative estimate of drug-likeness (QED) is 0.566. The Morgan fingerprint density at radius 1 is 1.44 bits per heavy atom. The van der Waals surface area contributed by atoms with Gasteiger partial charge in [-0.1, -0.05) is 15.9 Å². The van der Waals surface area contributed by atoms with Crippen LogP contribution in [0.5, 0.6) is 0 Å². The van der Waals surface area contributed by atoms with Gasteiger partial charge in [0.15, 0.2) is 9.84 Å². The van der Waals surface area contributed by atoms with Crippen molar-refractivity contribution >= 4 is 31.7 Å². The molecule has 0 spiro atoms. The summed E-state index contributed by atoms with van der Waals surface area (Å²) >= 11 is 3.31. The maximum absolute atomic E-state index is 11.7. The first kappa shape index (κ1) is 14.0. The van der Waals surface area contributed by atoms with E-state index >= 15 is 0 Å². The number of carbonyl (C=O) groups is 1. The van der Waals surface area contributed by atoms with Gasteiger partial charge in [-0.2, -0.15) is 0 Å². The summed E-state index contributed by atoms with van der Waals surface area (Å²) in [4.78, 5) is 13.3. The zero-order valence-electron chi connectivity index (χ0n) is 9.49. The van der Waals surface area contributed by atoms with E-state index in [0.717, 1.165) is 18.2 Å². The van der Waals surface area contributed by atoms with Gasteiger partial charge in [-0.05, 0) is 19.3 Å². The molecule has 1 atom stereocenters. The number of hydrogen-bond donors (Lipinski definition) is 0. The van der Waals surface area contributed by atoms with E-state index in [4.69, 9.17) is 0 Å². The Morgan fingerprint density at radius 3 is 2.62 bits per heavy atom. The molecule has 0 bridgehead atoms. The highest BCUT2D eigenvalue weighted by Gasteiger charge is 2.32. The maximum atomic E-state index is 11.7. The molecule has 0 aromatic carbocycles. The number of hydrogen-bond acceptors (Lipinski definition) is 3. The van der Waals surface area contributed by atoms with Crippen molar-refractivity contribution in [1.82, 2.24) is 4.90 Å². The standard InChI is InChI=1S/C10H18BrNO3S/c1-12(10(13)4-2-3-6-11)9-5-7-16(14,15)8-9/h9H,2-8H2,1H3. The SMILES string of the molecule is CN(C(=O)CCCCBr)C1CCS(=O)(=O)C1. The molecule has 16 heavy (non-hydrogen) atoms. The van der Waals surface area contributed by atoms with E-state index in [9.17, 15) is 13.2 Å². The Hall–Kier alpha value is -0.100. The van der Waals surface area contributed by atoms with Gasteiger partial charge in [-0.25, -0.2) is 8.42 Å². The van der Waals surface area contributed by atoms with Crippen molar-refractivity contribution in [2.45, 2.75) is 31.7 Å². The average molecular weight is 312 g/mol. The molecule has 1 heterocycles.